The molecule has 0 fully saturated rings. The molecular formula is C12H20N4O2. The predicted octanol–water partition coefficient (Wildman–Crippen LogP) is 0.935. The van der Waals surface area contributed by atoms with Crippen LogP contribution < -0.4 is 5.32 Å². The second-order valence-electron chi connectivity index (χ2n) is 3.99. The number of carbonyl (C=O) groups is 1. The van der Waals surface area contributed by atoms with Gasteiger partial charge in [-0.05, 0) is 20.5 Å². The van der Waals surface area contributed by atoms with Crippen LogP contribution >= 0.6 is 0 Å². The average Bonchev–Trinajstić information content (AvgIpc) is 2.37. The molecule has 0 aliphatic heterocycles. The summed E-state index contributed by atoms with van der Waals surface area (Å²) in [6, 6.07) is 0. The van der Waals surface area contributed by atoms with E-state index >= 15 is 0 Å². The molecule has 6 nitrogen and oxygen atoms in total. The highest BCUT2D eigenvalue weighted by Gasteiger charge is 2.13. The number of methoxy groups -OCH3 is 1. The van der Waals surface area contributed by atoms with E-state index in [0.29, 0.717) is 23.8 Å². The molecule has 0 aliphatic carbocycles. The van der Waals surface area contributed by atoms with Crippen LogP contribution in [0.4, 0.5) is 5.82 Å². The van der Waals surface area contributed by atoms with Crippen LogP contribution in [0.3, 0.4) is 0 Å². The maximum atomic E-state index is 11.5. The molecule has 100 valence electrons. The third-order valence-corrected chi connectivity index (χ3v) is 2.64. The smallest absolute Gasteiger partial charge is 0.343 e. The fourth-order valence-electron chi connectivity index (χ4n) is 1.39. The molecule has 1 aromatic heterocycles. The third-order valence-electron chi connectivity index (χ3n) is 2.64. The standard InChI is InChI=1S/C12H20N4O2/c1-5-16(3)7-6-13-11-10(12(17)18-4)8-14-9(2)15-11/h8H,5-7H2,1-4H3,(H,13,14,15). The fourth-order valence-corrected chi connectivity index (χ4v) is 1.39. The maximum Gasteiger partial charge on any atom is 0.343 e. The van der Waals surface area contributed by atoms with Crippen molar-refractivity contribution < 1.29 is 9.53 Å². The predicted molar refractivity (Wildman–Crippen MR) is 69.8 cm³/mol. The Morgan fingerprint density at radius 2 is 2.28 bits per heavy atom. The fraction of sp³-hybridized carbons (Fsp3) is 0.583. The Kier molecular flexibility index (Phi) is 5.51. The molecule has 18 heavy (non-hydrogen) atoms. The molecule has 0 aromatic carbocycles. The molecule has 0 saturated carbocycles. The Bertz CT molecular complexity index is 409. The number of hydrogen-bond acceptors (Lipinski definition) is 6. The number of nitrogens with one attached hydrogen (secondary N) is 1. The van der Waals surface area contributed by atoms with Gasteiger partial charge in [0.1, 0.15) is 17.2 Å². The molecule has 1 heterocycles. The summed E-state index contributed by atoms with van der Waals surface area (Å²) in [5.41, 5.74) is 0.363. The Balaban J connectivity index is 2.73. The first-order valence-electron chi connectivity index (χ1n) is 5.92. The average molecular weight is 252 g/mol. The first-order valence-corrected chi connectivity index (χ1v) is 5.92. The van der Waals surface area contributed by atoms with E-state index < -0.39 is 5.97 Å². The molecule has 1 N–H and O–H groups in total. The van der Waals surface area contributed by atoms with E-state index in [9.17, 15) is 4.79 Å². The van der Waals surface area contributed by atoms with Crippen molar-refractivity contribution in [3.05, 3.63) is 17.6 Å². The summed E-state index contributed by atoms with van der Waals surface area (Å²) in [7, 11) is 3.38. The van der Waals surface area contributed by atoms with Crippen LogP contribution in [-0.2, 0) is 4.74 Å². The molecule has 1 rings (SSSR count). The minimum Gasteiger partial charge on any atom is -0.465 e. The summed E-state index contributed by atoms with van der Waals surface area (Å²) >= 11 is 0. The lowest BCUT2D eigenvalue weighted by atomic mass is 10.3. The molecule has 0 spiro atoms. The molecule has 0 aliphatic rings. The molecular weight excluding hydrogens is 232 g/mol. The number of rotatable bonds is 6. The molecule has 6 heteroatoms. The molecule has 0 atom stereocenters. The van der Waals surface area contributed by atoms with Crippen molar-refractivity contribution in [2.24, 2.45) is 0 Å². The lowest BCUT2D eigenvalue weighted by Gasteiger charge is -2.15. The molecule has 0 radical (unpaired) electrons. The van der Waals surface area contributed by atoms with E-state index in [4.69, 9.17) is 4.74 Å². The zero-order valence-corrected chi connectivity index (χ0v) is 11.4. The summed E-state index contributed by atoms with van der Waals surface area (Å²) in [5, 5.41) is 3.14. The van der Waals surface area contributed by atoms with Crippen LogP contribution in [-0.4, -0.2) is 54.6 Å². The number of nitrogens with zero attached hydrogens (tertiary/aromatic N) is 3. The van der Waals surface area contributed by atoms with Gasteiger partial charge in [0, 0.05) is 19.3 Å². The Morgan fingerprint density at radius 1 is 1.56 bits per heavy atom. The summed E-state index contributed by atoms with van der Waals surface area (Å²) in [5.74, 6) is 0.717. The van der Waals surface area contributed by atoms with Gasteiger partial charge >= 0.3 is 5.97 Å². The number of carbonyl (C=O) groups excluding carboxylic acids is 1. The van der Waals surface area contributed by atoms with Crippen molar-refractivity contribution in [3.63, 3.8) is 0 Å². The number of hydrogen-bond donors (Lipinski definition) is 1. The number of esters is 1. The maximum absolute atomic E-state index is 11.5. The van der Waals surface area contributed by atoms with E-state index in [2.05, 4.69) is 27.1 Å². The highest BCUT2D eigenvalue weighted by molar-refractivity contribution is 5.94. The lowest BCUT2D eigenvalue weighted by molar-refractivity contribution is 0.0601. The van der Waals surface area contributed by atoms with Gasteiger partial charge in [0.2, 0.25) is 0 Å². The first kappa shape index (κ1) is 14.4. The quantitative estimate of drug-likeness (QED) is 0.760. The summed E-state index contributed by atoms with van der Waals surface area (Å²) in [6.07, 6.45) is 1.49. The van der Waals surface area contributed by atoms with Crippen molar-refractivity contribution in [1.29, 1.82) is 0 Å². The van der Waals surface area contributed by atoms with Crippen molar-refractivity contribution in [1.82, 2.24) is 14.9 Å². The number of aryl methyl sites for hydroxylation is 1. The summed E-state index contributed by atoms with van der Waals surface area (Å²) in [4.78, 5) is 21.9. The lowest BCUT2D eigenvalue weighted by Crippen LogP contribution is -2.25. The molecule has 0 amide bonds. The number of likely N-dealkylation sites (N-methyl/N-ethyl adjacent to an activating group) is 1. The van der Waals surface area contributed by atoms with Crippen LogP contribution in [0.2, 0.25) is 0 Å². The minimum absolute atomic E-state index is 0.363. The van der Waals surface area contributed by atoms with Gasteiger partial charge in [-0.3, -0.25) is 0 Å². The number of aromatic nitrogens is 2. The van der Waals surface area contributed by atoms with Gasteiger partial charge in [0.25, 0.3) is 0 Å². The minimum atomic E-state index is -0.429. The van der Waals surface area contributed by atoms with E-state index in [1.165, 1.54) is 13.3 Å². The van der Waals surface area contributed by atoms with Crippen molar-refractivity contribution >= 4 is 11.8 Å². The summed E-state index contributed by atoms with van der Waals surface area (Å²) in [6.45, 7) is 6.44. The van der Waals surface area contributed by atoms with Crippen LogP contribution in [0.1, 0.15) is 23.1 Å². The Hall–Kier alpha value is -1.69. The molecule has 0 bridgehead atoms. The monoisotopic (exact) mass is 252 g/mol. The van der Waals surface area contributed by atoms with E-state index in [-0.39, 0.29) is 0 Å². The van der Waals surface area contributed by atoms with Crippen molar-refractivity contribution in [2.45, 2.75) is 13.8 Å². The van der Waals surface area contributed by atoms with Crippen molar-refractivity contribution in [3.8, 4) is 0 Å². The third kappa shape index (κ3) is 3.96. The normalized spacial score (nSPS) is 10.5. The van der Waals surface area contributed by atoms with Crippen LogP contribution in [0, 0.1) is 6.92 Å². The van der Waals surface area contributed by atoms with Crippen molar-refractivity contribution in [2.75, 3.05) is 39.1 Å². The van der Waals surface area contributed by atoms with Gasteiger partial charge in [0.05, 0.1) is 7.11 Å². The zero-order chi connectivity index (χ0) is 13.5. The van der Waals surface area contributed by atoms with Crippen LogP contribution in [0.5, 0.6) is 0 Å². The highest BCUT2D eigenvalue weighted by Crippen LogP contribution is 2.12. The van der Waals surface area contributed by atoms with Gasteiger partial charge in [-0.1, -0.05) is 6.92 Å². The van der Waals surface area contributed by atoms with Crippen LogP contribution in [0.25, 0.3) is 0 Å². The van der Waals surface area contributed by atoms with Crippen LogP contribution in [0.15, 0.2) is 6.20 Å². The highest BCUT2D eigenvalue weighted by atomic mass is 16.5. The zero-order valence-electron chi connectivity index (χ0n) is 11.4. The number of ether oxygens (including phenoxy) is 1. The Morgan fingerprint density at radius 3 is 2.89 bits per heavy atom. The second-order valence-corrected chi connectivity index (χ2v) is 3.99. The topological polar surface area (TPSA) is 67.3 Å². The molecule has 0 saturated heterocycles. The molecule has 0 unspecified atom stereocenters. The van der Waals surface area contributed by atoms with E-state index in [0.717, 1.165) is 13.1 Å². The largest absolute Gasteiger partial charge is 0.465 e. The van der Waals surface area contributed by atoms with Gasteiger partial charge in [-0.25, -0.2) is 14.8 Å². The van der Waals surface area contributed by atoms with Gasteiger partial charge in [-0.15, -0.1) is 0 Å². The Labute approximate surface area is 107 Å². The van der Waals surface area contributed by atoms with E-state index in [1.807, 2.05) is 7.05 Å². The van der Waals surface area contributed by atoms with Gasteiger partial charge < -0.3 is 15.0 Å². The first-order chi connectivity index (χ1) is 8.58. The second kappa shape index (κ2) is 6.90. The number of anilines is 1. The van der Waals surface area contributed by atoms with Gasteiger partial charge in [-0.2, -0.15) is 0 Å². The van der Waals surface area contributed by atoms with E-state index in [1.54, 1.807) is 6.92 Å². The molecule has 1 aromatic rings. The van der Waals surface area contributed by atoms with Gasteiger partial charge in [0.15, 0.2) is 0 Å². The SMILES string of the molecule is CCN(C)CCNc1nc(C)ncc1C(=O)OC. The summed E-state index contributed by atoms with van der Waals surface area (Å²) < 4.78 is 4.70.